The molecule has 0 unspecified atom stereocenters. The molecule has 1 saturated heterocycles. The van der Waals surface area contributed by atoms with Crippen molar-refractivity contribution in [2.24, 2.45) is 0 Å². The molecule has 0 bridgehead atoms. The molecule has 2 aliphatic heterocycles. The van der Waals surface area contributed by atoms with Crippen LogP contribution in [-0.2, 0) is 15.9 Å². The molecule has 5 N–H and O–H groups in total. The Hall–Kier alpha value is -4.21. The normalized spacial score (nSPS) is 17.3. The van der Waals surface area contributed by atoms with Crippen LogP contribution in [0, 0.1) is 12.7 Å². The van der Waals surface area contributed by atoms with Gasteiger partial charge in [0.2, 0.25) is 0 Å². The maximum Gasteiger partial charge on any atom is 0.413 e. The lowest BCUT2D eigenvalue weighted by Gasteiger charge is -2.38. The van der Waals surface area contributed by atoms with Gasteiger partial charge in [0.05, 0.1) is 17.1 Å². The van der Waals surface area contributed by atoms with E-state index >= 15 is 4.39 Å². The highest BCUT2D eigenvalue weighted by molar-refractivity contribution is 8.24. The predicted molar refractivity (Wildman–Crippen MR) is 169 cm³/mol. The van der Waals surface area contributed by atoms with Crippen LogP contribution in [0.4, 0.5) is 36.0 Å². The molecule has 3 amide bonds. The Morgan fingerprint density at radius 1 is 1.04 bits per heavy atom. The molecule has 13 nitrogen and oxygen atoms in total. The van der Waals surface area contributed by atoms with Crippen molar-refractivity contribution in [2.45, 2.75) is 65.1 Å². The highest BCUT2D eigenvalue weighted by Gasteiger charge is 2.29. The summed E-state index contributed by atoms with van der Waals surface area (Å²) in [4.78, 5) is 47.3. The van der Waals surface area contributed by atoms with Gasteiger partial charge in [-0.15, -0.1) is 0 Å². The van der Waals surface area contributed by atoms with Crippen molar-refractivity contribution in [3.05, 3.63) is 41.6 Å². The molecule has 5 rings (SSSR count). The molecule has 3 aromatic rings. The molecule has 0 radical (unpaired) electrons. The summed E-state index contributed by atoms with van der Waals surface area (Å²) >= 11 is 0. The number of carbonyl (C=O) groups is 3. The van der Waals surface area contributed by atoms with Gasteiger partial charge < -0.3 is 14.6 Å². The van der Waals surface area contributed by atoms with E-state index in [2.05, 4.69) is 20.6 Å². The van der Waals surface area contributed by atoms with Gasteiger partial charge in [-0.1, -0.05) is 0 Å². The fourth-order valence-corrected chi connectivity index (χ4v) is 7.00. The van der Waals surface area contributed by atoms with Gasteiger partial charge in [-0.3, -0.25) is 29.6 Å². The van der Waals surface area contributed by atoms with Crippen LogP contribution >= 0.6 is 10.6 Å². The van der Waals surface area contributed by atoms with Crippen molar-refractivity contribution in [1.82, 2.24) is 9.97 Å². The molecule has 2 aromatic heterocycles. The number of nitrogens with one attached hydrogen (secondary N) is 2. The third-order valence-corrected chi connectivity index (χ3v) is 9.37. The van der Waals surface area contributed by atoms with E-state index in [1.807, 2.05) is 0 Å². The molecular weight excluding hydrogens is 609 g/mol. The molecule has 0 spiro atoms. The first-order chi connectivity index (χ1) is 21.1. The lowest BCUT2D eigenvalue weighted by atomic mass is 9.94. The summed E-state index contributed by atoms with van der Waals surface area (Å²) in [6, 6.07) is 3.00. The SMILES string of the molecule is Cc1c(-c2cc3cc(NC(=O)OC4CCS(O)(O)CC4)ncc3c(NC(=O)OC(C)(C)C)c2F)cnc2c1N(C(=O)O)CCC2. The topological polar surface area (TPSA) is 183 Å². The Labute approximate surface area is 260 Å². The van der Waals surface area contributed by atoms with Gasteiger partial charge in [0.15, 0.2) is 5.82 Å². The molecule has 242 valence electrons. The average molecular weight is 646 g/mol. The molecule has 45 heavy (non-hydrogen) atoms. The number of aryl methyl sites for hydroxylation is 1. The number of pyridine rings is 2. The third kappa shape index (κ3) is 7.21. The van der Waals surface area contributed by atoms with Gasteiger partial charge in [-0.05, 0) is 63.6 Å². The summed E-state index contributed by atoms with van der Waals surface area (Å²) in [6.07, 6.45) is 1.28. The van der Waals surface area contributed by atoms with Crippen LogP contribution in [0.3, 0.4) is 0 Å². The van der Waals surface area contributed by atoms with E-state index in [-0.39, 0.29) is 40.5 Å². The highest BCUT2D eigenvalue weighted by Crippen LogP contribution is 2.45. The van der Waals surface area contributed by atoms with E-state index in [4.69, 9.17) is 9.47 Å². The fourth-order valence-electron chi connectivity index (χ4n) is 5.52. The molecule has 1 fully saturated rings. The molecule has 2 aliphatic rings. The van der Waals surface area contributed by atoms with Crippen LogP contribution in [-0.4, -0.2) is 72.2 Å². The van der Waals surface area contributed by atoms with E-state index in [0.29, 0.717) is 53.6 Å². The maximum absolute atomic E-state index is 16.4. The minimum atomic E-state index is -2.63. The van der Waals surface area contributed by atoms with Gasteiger partial charge in [0.25, 0.3) is 0 Å². The van der Waals surface area contributed by atoms with Crippen molar-refractivity contribution in [1.29, 1.82) is 0 Å². The first-order valence-electron chi connectivity index (χ1n) is 14.4. The highest BCUT2D eigenvalue weighted by atomic mass is 32.3. The number of aromatic nitrogens is 2. The van der Waals surface area contributed by atoms with Crippen molar-refractivity contribution in [2.75, 3.05) is 33.6 Å². The van der Waals surface area contributed by atoms with E-state index < -0.39 is 46.4 Å². The lowest BCUT2D eigenvalue weighted by Crippen LogP contribution is -2.35. The summed E-state index contributed by atoms with van der Waals surface area (Å²) in [5.41, 5.74) is 0.779. The third-order valence-electron chi connectivity index (χ3n) is 7.59. The molecule has 0 aliphatic carbocycles. The van der Waals surface area contributed by atoms with E-state index in [1.165, 1.54) is 29.4 Å². The zero-order valence-electron chi connectivity index (χ0n) is 25.3. The Morgan fingerprint density at radius 3 is 2.42 bits per heavy atom. The Morgan fingerprint density at radius 2 is 1.76 bits per heavy atom. The number of anilines is 3. The number of halogens is 1. The number of hydrogen-bond acceptors (Lipinski definition) is 9. The number of rotatable bonds is 4. The van der Waals surface area contributed by atoms with Crippen LogP contribution in [0.25, 0.3) is 21.9 Å². The fraction of sp³-hybridized carbons (Fsp3) is 0.433. The van der Waals surface area contributed by atoms with Crippen molar-refractivity contribution in [3.63, 3.8) is 0 Å². The zero-order chi connectivity index (χ0) is 32.7. The first-order valence-corrected chi connectivity index (χ1v) is 16.3. The van der Waals surface area contributed by atoms with E-state index in [1.54, 1.807) is 27.7 Å². The number of carbonyl (C=O) groups excluding carboxylic acids is 2. The van der Waals surface area contributed by atoms with Gasteiger partial charge >= 0.3 is 18.3 Å². The van der Waals surface area contributed by atoms with Gasteiger partial charge in [-0.25, -0.2) is 23.8 Å². The van der Waals surface area contributed by atoms with Crippen molar-refractivity contribution >= 4 is 56.8 Å². The summed E-state index contributed by atoms with van der Waals surface area (Å²) < 4.78 is 46.8. The number of amides is 3. The molecule has 0 atom stereocenters. The van der Waals surface area contributed by atoms with Crippen molar-refractivity contribution in [3.8, 4) is 11.1 Å². The Kier molecular flexibility index (Phi) is 8.79. The van der Waals surface area contributed by atoms with Crippen LogP contribution in [0.1, 0.15) is 51.3 Å². The second-order valence-corrected chi connectivity index (χ2v) is 14.5. The standard InChI is InChI=1S/C30H36FN5O8S/c1-16-20(14-32-22-6-5-9-36(26(16)22)29(39)40)19-12-17-13-23(34-27(37)43-18-7-10-45(41,42)11-8-18)33-15-21(17)25(24(19)31)35-28(38)44-30(2,3)4/h12-15,18,41-42H,5-11H2,1-4H3,(H,35,38)(H,39,40)(H,33,34,37). The minimum Gasteiger partial charge on any atom is -0.465 e. The molecular formula is C30H36FN5O8S. The Bertz CT molecular complexity index is 1670. The average Bonchev–Trinajstić information content (AvgIpc) is 2.94. The second-order valence-electron chi connectivity index (χ2n) is 12.1. The molecule has 15 heteroatoms. The Balaban J connectivity index is 1.54. The van der Waals surface area contributed by atoms with Gasteiger partial charge in [0.1, 0.15) is 17.5 Å². The summed E-state index contributed by atoms with van der Waals surface area (Å²) in [5.74, 6) is -0.406. The lowest BCUT2D eigenvalue weighted by molar-refractivity contribution is 0.0635. The second kappa shape index (κ2) is 12.3. The summed E-state index contributed by atoms with van der Waals surface area (Å²) in [5, 5.41) is 15.5. The molecule has 4 heterocycles. The smallest absolute Gasteiger partial charge is 0.413 e. The van der Waals surface area contributed by atoms with Crippen molar-refractivity contribution < 1.29 is 42.5 Å². The number of ether oxygens (including phenoxy) is 2. The molecule has 1 aromatic carbocycles. The number of benzene rings is 1. The van der Waals surface area contributed by atoms with E-state index in [9.17, 15) is 28.6 Å². The van der Waals surface area contributed by atoms with Gasteiger partial charge in [-0.2, -0.15) is 10.6 Å². The number of carboxylic acid groups (broad SMARTS) is 1. The predicted octanol–water partition coefficient (Wildman–Crippen LogP) is 6.98. The van der Waals surface area contributed by atoms with Gasteiger partial charge in [0, 0.05) is 59.8 Å². The van der Waals surface area contributed by atoms with E-state index in [0.717, 1.165) is 0 Å². The zero-order valence-corrected chi connectivity index (χ0v) is 26.2. The maximum atomic E-state index is 16.4. The van der Waals surface area contributed by atoms with Crippen LogP contribution < -0.4 is 15.5 Å². The summed E-state index contributed by atoms with van der Waals surface area (Å²) in [7, 11) is -2.63. The molecule has 0 saturated carbocycles. The minimum absolute atomic E-state index is 0.0400. The largest absolute Gasteiger partial charge is 0.465 e. The van der Waals surface area contributed by atoms with Crippen LogP contribution in [0.15, 0.2) is 24.5 Å². The number of nitrogens with zero attached hydrogens (tertiary/aromatic N) is 3. The first kappa shape index (κ1) is 32.2. The summed E-state index contributed by atoms with van der Waals surface area (Å²) in [6.45, 7) is 6.99. The number of hydrogen-bond donors (Lipinski definition) is 5. The van der Waals surface area contributed by atoms with Crippen LogP contribution in [0.2, 0.25) is 0 Å². The monoisotopic (exact) mass is 645 g/mol. The quantitative estimate of drug-likeness (QED) is 0.198. The van der Waals surface area contributed by atoms with Crippen LogP contribution in [0.5, 0.6) is 0 Å². The number of fused-ring (bicyclic) bond motifs is 2.